The molecule has 162 valence electrons. The summed E-state index contributed by atoms with van der Waals surface area (Å²) in [6.07, 6.45) is 1.49. The number of carbonyl (C=O) groups is 1. The van der Waals surface area contributed by atoms with Gasteiger partial charge in [-0.2, -0.15) is 4.31 Å². The van der Waals surface area contributed by atoms with Gasteiger partial charge >= 0.3 is 0 Å². The third-order valence-corrected chi connectivity index (χ3v) is 7.35. The Labute approximate surface area is 181 Å². The topological polar surface area (TPSA) is 117 Å². The Hall–Kier alpha value is -3.02. The number of nitro benzene ring substituents is 1. The number of nitrogens with zero attached hydrogens (tertiary/aromatic N) is 3. The molecule has 12 heteroatoms. The fourth-order valence-corrected chi connectivity index (χ4v) is 5.18. The van der Waals surface area contributed by atoms with Crippen LogP contribution in [0.2, 0.25) is 5.02 Å². The fraction of sp³-hybridized carbons (Fsp3) is 0.211. The molecule has 0 aliphatic carbocycles. The normalized spacial score (nSPS) is 15.4. The molecule has 4 rings (SSSR count). The van der Waals surface area contributed by atoms with Gasteiger partial charge in [-0.15, -0.1) is 0 Å². The summed E-state index contributed by atoms with van der Waals surface area (Å²) in [5.41, 5.74) is 0.735. The summed E-state index contributed by atoms with van der Waals surface area (Å²) in [6, 6.07) is 7.40. The molecule has 3 aromatic rings. The second-order valence-corrected chi connectivity index (χ2v) is 9.31. The highest BCUT2D eigenvalue weighted by molar-refractivity contribution is 7.89. The van der Waals surface area contributed by atoms with Crippen molar-refractivity contribution in [2.45, 2.75) is 4.90 Å². The number of amides is 1. The molecular formula is C19H16ClFN4O5S. The minimum absolute atomic E-state index is 0.0472. The molecule has 0 saturated carbocycles. The lowest BCUT2D eigenvalue weighted by Crippen LogP contribution is -2.50. The van der Waals surface area contributed by atoms with E-state index in [9.17, 15) is 27.7 Å². The molecule has 0 atom stereocenters. The van der Waals surface area contributed by atoms with E-state index in [1.807, 2.05) is 0 Å². The Balaban J connectivity index is 1.52. The lowest BCUT2D eigenvalue weighted by atomic mass is 10.1. The highest BCUT2D eigenvalue weighted by atomic mass is 35.5. The van der Waals surface area contributed by atoms with Crippen molar-refractivity contribution in [3.63, 3.8) is 0 Å². The summed E-state index contributed by atoms with van der Waals surface area (Å²) < 4.78 is 40.2. The number of halogens is 2. The predicted octanol–water partition coefficient (Wildman–Crippen LogP) is 3.02. The molecule has 0 spiro atoms. The van der Waals surface area contributed by atoms with Crippen LogP contribution < -0.4 is 0 Å². The quantitative estimate of drug-likeness (QED) is 0.468. The molecule has 9 nitrogen and oxygen atoms in total. The molecule has 2 aromatic carbocycles. The van der Waals surface area contributed by atoms with E-state index in [1.54, 1.807) is 0 Å². The Morgan fingerprint density at radius 1 is 1.13 bits per heavy atom. The zero-order valence-corrected chi connectivity index (χ0v) is 17.5. The molecule has 31 heavy (non-hydrogen) atoms. The first-order chi connectivity index (χ1) is 14.7. The number of rotatable bonds is 4. The molecule has 1 aliphatic heterocycles. The van der Waals surface area contributed by atoms with E-state index in [0.29, 0.717) is 10.9 Å². The van der Waals surface area contributed by atoms with Gasteiger partial charge in [0.15, 0.2) is 0 Å². The first-order valence-corrected chi connectivity index (χ1v) is 11.0. The van der Waals surface area contributed by atoms with Crippen LogP contribution in [0.15, 0.2) is 47.5 Å². The molecule has 2 heterocycles. The number of sulfonamides is 1. The van der Waals surface area contributed by atoms with Crippen LogP contribution in [0.5, 0.6) is 0 Å². The van der Waals surface area contributed by atoms with Crippen LogP contribution in [0.1, 0.15) is 10.4 Å². The molecular weight excluding hydrogens is 451 g/mol. The molecule has 1 amide bonds. The monoisotopic (exact) mass is 466 g/mol. The van der Waals surface area contributed by atoms with Crippen molar-refractivity contribution in [1.29, 1.82) is 0 Å². The third-order valence-electron chi connectivity index (χ3n) is 5.16. The molecule has 0 bridgehead atoms. The number of piperazine rings is 1. The SMILES string of the molecule is O=C(c1c[nH]c2ccc([N+](=O)[O-])cc12)N1CCN(S(=O)(=O)c2ccc(F)c(Cl)c2)CC1. The van der Waals surface area contributed by atoms with E-state index in [2.05, 4.69) is 4.98 Å². The van der Waals surface area contributed by atoms with Crippen LogP contribution in [0.25, 0.3) is 10.9 Å². The molecule has 1 aliphatic rings. The van der Waals surface area contributed by atoms with Crippen LogP contribution in [-0.4, -0.2) is 59.6 Å². The Morgan fingerprint density at radius 2 is 1.84 bits per heavy atom. The van der Waals surface area contributed by atoms with Crippen LogP contribution in [0.4, 0.5) is 10.1 Å². The minimum atomic E-state index is -3.89. The number of hydrogen-bond acceptors (Lipinski definition) is 5. The van der Waals surface area contributed by atoms with Gasteiger partial charge in [0, 0.05) is 55.4 Å². The lowest BCUT2D eigenvalue weighted by Gasteiger charge is -2.34. The third kappa shape index (κ3) is 3.87. The van der Waals surface area contributed by atoms with Gasteiger partial charge in [0.25, 0.3) is 11.6 Å². The second-order valence-electron chi connectivity index (χ2n) is 6.96. The average Bonchev–Trinajstić information content (AvgIpc) is 3.18. The Morgan fingerprint density at radius 3 is 2.48 bits per heavy atom. The molecule has 0 unspecified atom stereocenters. The van der Waals surface area contributed by atoms with E-state index in [4.69, 9.17) is 11.6 Å². The number of non-ortho nitro benzene ring substituents is 1. The van der Waals surface area contributed by atoms with Crippen LogP contribution in [0, 0.1) is 15.9 Å². The maximum absolute atomic E-state index is 13.4. The van der Waals surface area contributed by atoms with Crippen molar-refractivity contribution in [2.24, 2.45) is 0 Å². The number of carbonyl (C=O) groups excluding carboxylic acids is 1. The van der Waals surface area contributed by atoms with Gasteiger partial charge in [-0.1, -0.05) is 11.6 Å². The van der Waals surface area contributed by atoms with Crippen LogP contribution in [0.3, 0.4) is 0 Å². The van der Waals surface area contributed by atoms with Crippen molar-refractivity contribution >= 4 is 44.1 Å². The summed E-state index contributed by atoms with van der Waals surface area (Å²) in [6.45, 7) is 0.361. The Bertz CT molecular complexity index is 1300. The van der Waals surface area contributed by atoms with Gasteiger partial charge in [0.05, 0.1) is 20.4 Å². The first kappa shape index (κ1) is 21.2. The smallest absolute Gasteiger partial charge is 0.270 e. The number of benzene rings is 2. The number of nitro groups is 1. The second kappa shape index (κ2) is 7.91. The summed E-state index contributed by atoms with van der Waals surface area (Å²) >= 11 is 5.70. The number of hydrogen-bond donors (Lipinski definition) is 1. The largest absolute Gasteiger partial charge is 0.360 e. The molecule has 1 saturated heterocycles. The molecule has 0 radical (unpaired) electrons. The van der Waals surface area contributed by atoms with Gasteiger partial charge in [-0.25, -0.2) is 12.8 Å². The van der Waals surface area contributed by atoms with Crippen molar-refractivity contribution in [3.05, 3.63) is 69.1 Å². The molecule has 1 fully saturated rings. The summed E-state index contributed by atoms with van der Waals surface area (Å²) in [7, 11) is -3.89. The summed E-state index contributed by atoms with van der Waals surface area (Å²) in [4.78, 5) is 27.8. The number of aromatic nitrogens is 1. The van der Waals surface area contributed by atoms with Gasteiger partial charge in [-0.05, 0) is 24.3 Å². The number of aromatic amines is 1. The van der Waals surface area contributed by atoms with E-state index in [-0.39, 0.29) is 53.3 Å². The highest BCUT2D eigenvalue weighted by Crippen LogP contribution is 2.26. The van der Waals surface area contributed by atoms with Crippen molar-refractivity contribution in [2.75, 3.05) is 26.2 Å². The maximum Gasteiger partial charge on any atom is 0.270 e. The Kier molecular flexibility index (Phi) is 5.42. The van der Waals surface area contributed by atoms with Gasteiger partial charge < -0.3 is 9.88 Å². The van der Waals surface area contributed by atoms with E-state index < -0.39 is 20.8 Å². The average molecular weight is 467 g/mol. The maximum atomic E-state index is 13.4. The van der Waals surface area contributed by atoms with Crippen LogP contribution in [-0.2, 0) is 10.0 Å². The van der Waals surface area contributed by atoms with Gasteiger partial charge in [0.1, 0.15) is 5.82 Å². The van der Waals surface area contributed by atoms with Crippen molar-refractivity contribution < 1.29 is 22.5 Å². The molecule has 1 N–H and O–H groups in total. The van der Waals surface area contributed by atoms with E-state index >= 15 is 0 Å². The zero-order valence-electron chi connectivity index (χ0n) is 15.9. The summed E-state index contributed by atoms with van der Waals surface area (Å²) in [5, 5.41) is 11.2. The van der Waals surface area contributed by atoms with Gasteiger partial charge in [-0.3, -0.25) is 14.9 Å². The number of H-pyrrole nitrogens is 1. The standard InChI is InChI=1S/C19H16ClFN4O5S/c20-16-10-13(2-3-17(16)21)31(29,30)24-7-5-23(6-8-24)19(26)15-11-22-18-4-1-12(25(27)28)9-14(15)18/h1-4,9-11,22H,5-8H2. The first-order valence-electron chi connectivity index (χ1n) is 9.18. The van der Waals surface area contributed by atoms with E-state index in [1.165, 1.54) is 33.6 Å². The van der Waals surface area contributed by atoms with Crippen molar-refractivity contribution in [3.8, 4) is 0 Å². The van der Waals surface area contributed by atoms with Gasteiger partial charge in [0.2, 0.25) is 10.0 Å². The minimum Gasteiger partial charge on any atom is -0.360 e. The number of nitrogens with one attached hydrogen (secondary N) is 1. The highest BCUT2D eigenvalue weighted by Gasteiger charge is 2.31. The lowest BCUT2D eigenvalue weighted by molar-refractivity contribution is -0.384. The molecule has 1 aromatic heterocycles. The van der Waals surface area contributed by atoms with Crippen molar-refractivity contribution in [1.82, 2.24) is 14.2 Å². The zero-order chi connectivity index (χ0) is 22.3. The number of fused-ring (bicyclic) bond motifs is 1. The van der Waals surface area contributed by atoms with Crippen LogP contribution >= 0.6 is 11.6 Å². The fourth-order valence-electron chi connectivity index (χ4n) is 3.49. The summed E-state index contributed by atoms with van der Waals surface area (Å²) in [5.74, 6) is -1.07. The predicted molar refractivity (Wildman–Crippen MR) is 111 cm³/mol. The van der Waals surface area contributed by atoms with E-state index in [0.717, 1.165) is 18.2 Å².